The molecule has 0 amide bonds. The monoisotopic (exact) mass is 258 g/mol. The average molecular weight is 258 g/mol. The molecule has 0 heterocycles. The molecule has 0 aromatic carbocycles. The van der Waals surface area contributed by atoms with Gasteiger partial charge in [0.15, 0.2) is 0 Å². The number of ether oxygens (including phenoxy) is 2. The van der Waals surface area contributed by atoms with Crippen molar-refractivity contribution in [3.05, 3.63) is 0 Å². The van der Waals surface area contributed by atoms with E-state index < -0.39 is 0 Å². The number of hydrogen-bond acceptors (Lipinski definition) is 4. The minimum Gasteiger partial charge on any atom is -0.466 e. The van der Waals surface area contributed by atoms with Gasteiger partial charge in [0.2, 0.25) is 0 Å². The first kappa shape index (κ1) is 16.9. The van der Waals surface area contributed by atoms with E-state index >= 15 is 0 Å². The van der Waals surface area contributed by atoms with Crippen molar-refractivity contribution in [2.45, 2.75) is 66.4 Å². The lowest BCUT2D eigenvalue weighted by Crippen LogP contribution is -2.28. The van der Waals surface area contributed by atoms with Crippen molar-refractivity contribution in [1.82, 2.24) is 0 Å². The number of rotatable bonds is 7. The second-order valence-corrected chi connectivity index (χ2v) is 5.57. The molecule has 0 aliphatic rings. The predicted molar refractivity (Wildman–Crippen MR) is 70.1 cm³/mol. The number of esters is 2. The van der Waals surface area contributed by atoms with Crippen LogP contribution in [0.3, 0.4) is 0 Å². The quantitative estimate of drug-likeness (QED) is 0.520. The van der Waals surface area contributed by atoms with Crippen LogP contribution in [-0.4, -0.2) is 24.6 Å². The fourth-order valence-corrected chi connectivity index (χ4v) is 1.04. The second-order valence-electron chi connectivity index (χ2n) is 5.57. The third-order valence-electron chi connectivity index (χ3n) is 2.82. The first-order valence-electron chi connectivity index (χ1n) is 6.62. The lowest BCUT2D eigenvalue weighted by Gasteiger charge is -2.26. The van der Waals surface area contributed by atoms with E-state index in [4.69, 9.17) is 9.47 Å². The fraction of sp³-hybridized carbons (Fsp3) is 0.857. The molecule has 0 spiro atoms. The molecule has 0 N–H and O–H groups in total. The van der Waals surface area contributed by atoms with Crippen LogP contribution in [0.1, 0.15) is 60.3 Å². The molecule has 4 nitrogen and oxygen atoms in total. The summed E-state index contributed by atoms with van der Waals surface area (Å²) in [5, 5.41) is 0. The van der Waals surface area contributed by atoms with Crippen LogP contribution in [0.4, 0.5) is 0 Å². The highest BCUT2D eigenvalue weighted by molar-refractivity contribution is 5.77. The fourth-order valence-electron chi connectivity index (χ4n) is 1.04. The summed E-state index contributed by atoms with van der Waals surface area (Å²) < 4.78 is 10.2. The van der Waals surface area contributed by atoms with E-state index in [1.54, 1.807) is 0 Å². The second kappa shape index (κ2) is 8.11. The third kappa shape index (κ3) is 8.09. The summed E-state index contributed by atoms with van der Waals surface area (Å²) in [4.78, 5) is 22.8. The van der Waals surface area contributed by atoms with E-state index in [0.717, 1.165) is 12.8 Å². The third-order valence-corrected chi connectivity index (χ3v) is 2.82. The predicted octanol–water partition coefficient (Wildman–Crippen LogP) is 3.09. The van der Waals surface area contributed by atoms with Crippen LogP contribution in [-0.2, 0) is 19.1 Å². The van der Waals surface area contributed by atoms with Crippen LogP contribution < -0.4 is 0 Å². The molecule has 0 bridgehead atoms. The Hall–Kier alpha value is -1.06. The first-order chi connectivity index (χ1) is 8.27. The number of carbonyl (C=O) groups excluding carboxylic acids is 2. The molecule has 0 aliphatic carbocycles. The molecule has 0 saturated carbocycles. The molecule has 106 valence electrons. The van der Waals surface area contributed by atoms with E-state index in [-0.39, 0.29) is 36.3 Å². The van der Waals surface area contributed by atoms with Gasteiger partial charge in [0, 0.05) is 0 Å². The van der Waals surface area contributed by atoms with Crippen molar-refractivity contribution in [3.8, 4) is 0 Å². The molecule has 4 heteroatoms. The van der Waals surface area contributed by atoms with E-state index in [2.05, 4.69) is 0 Å². The molecule has 0 fully saturated rings. The SMILES string of the molecule is CCCCOC(=O)CCC(=O)OC(C)C(C)(C)C. The van der Waals surface area contributed by atoms with Crippen molar-refractivity contribution in [1.29, 1.82) is 0 Å². The van der Waals surface area contributed by atoms with Gasteiger partial charge in [-0.3, -0.25) is 9.59 Å². The molecule has 0 rings (SSSR count). The van der Waals surface area contributed by atoms with Crippen molar-refractivity contribution in [3.63, 3.8) is 0 Å². The zero-order valence-electron chi connectivity index (χ0n) is 12.2. The Kier molecular flexibility index (Phi) is 7.64. The van der Waals surface area contributed by atoms with Gasteiger partial charge in [-0.05, 0) is 18.8 Å². The normalized spacial score (nSPS) is 12.9. The summed E-state index contributed by atoms with van der Waals surface area (Å²) in [7, 11) is 0. The standard InChI is InChI=1S/C14H26O4/c1-6-7-10-17-12(15)8-9-13(16)18-11(2)14(3,4)5/h11H,6-10H2,1-5H3. The van der Waals surface area contributed by atoms with Crippen LogP contribution in [0.5, 0.6) is 0 Å². The summed E-state index contributed by atoms with van der Waals surface area (Å²) in [5.41, 5.74) is -0.0860. The minimum absolute atomic E-state index is 0.0860. The van der Waals surface area contributed by atoms with Crippen LogP contribution in [0.2, 0.25) is 0 Å². The van der Waals surface area contributed by atoms with Gasteiger partial charge in [0.1, 0.15) is 6.10 Å². The molecule has 0 saturated heterocycles. The summed E-state index contributed by atoms with van der Waals surface area (Å²) in [5.74, 6) is -0.673. The molecular weight excluding hydrogens is 232 g/mol. The molecule has 0 aliphatic heterocycles. The Morgan fingerprint density at radius 3 is 2.17 bits per heavy atom. The molecule has 1 unspecified atom stereocenters. The molecule has 18 heavy (non-hydrogen) atoms. The molecule has 0 aromatic rings. The minimum atomic E-state index is -0.343. The van der Waals surface area contributed by atoms with E-state index in [0.29, 0.717) is 6.61 Å². The molecule has 1 atom stereocenters. The van der Waals surface area contributed by atoms with Crippen LogP contribution in [0.25, 0.3) is 0 Å². The van der Waals surface area contributed by atoms with Gasteiger partial charge in [-0.2, -0.15) is 0 Å². The number of hydrogen-bond donors (Lipinski definition) is 0. The largest absolute Gasteiger partial charge is 0.466 e. The van der Waals surface area contributed by atoms with E-state index in [9.17, 15) is 9.59 Å². The van der Waals surface area contributed by atoms with Gasteiger partial charge in [0.05, 0.1) is 19.4 Å². The van der Waals surface area contributed by atoms with Crippen molar-refractivity contribution in [2.75, 3.05) is 6.61 Å². The number of unbranched alkanes of at least 4 members (excludes halogenated alkanes) is 1. The highest BCUT2D eigenvalue weighted by Gasteiger charge is 2.23. The van der Waals surface area contributed by atoms with Crippen LogP contribution in [0.15, 0.2) is 0 Å². The van der Waals surface area contributed by atoms with E-state index in [1.165, 1.54) is 0 Å². The molecule has 0 radical (unpaired) electrons. The summed E-state index contributed by atoms with van der Waals surface area (Å²) in [6.07, 6.45) is 1.86. The number of carbonyl (C=O) groups is 2. The molecular formula is C14H26O4. The van der Waals surface area contributed by atoms with Gasteiger partial charge < -0.3 is 9.47 Å². The first-order valence-corrected chi connectivity index (χ1v) is 6.62. The van der Waals surface area contributed by atoms with Gasteiger partial charge in [-0.25, -0.2) is 0 Å². The maximum atomic E-state index is 11.5. The van der Waals surface area contributed by atoms with Gasteiger partial charge >= 0.3 is 11.9 Å². The van der Waals surface area contributed by atoms with Gasteiger partial charge in [-0.15, -0.1) is 0 Å². The zero-order chi connectivity index (χ0) is 14.2. The van der Waals surface area contributed by atoms with Gasteiger partial charge in [0.25, 0.3) is 0 Å². The summed E-state index contributed by atoms with van der Waals surface area (Å²) in [6.45, 7) is 10.3. The Balaban J connectivity index is 3.80. The smallest absolute Gasteiger partial charge is 0.306 e. The van der Waals surface area contributed by atoms with Crippen LogP contribution in [0, 0.1) is 5.41 Å². The Morgan fingerprint density at radius 1 is 1.11 bits per heavy atom. The van der Waals surface area contributed by atoms with Crippen molar-refractivity contribution < 1.29 is 19.1 Å². The van der Waals surface area contributed by atoms with Crippen molar-refractivity contribution >= 4 is 11.9 Å². The Bertz CT molecular complexity index is 265. The average Bonchev–Trinajstić information content (AvgIpc) is 2.25. The highest BCUT2D eigenvalue weighted by Crippen LogP contribution is 2.22. The topological polar surface area (TPSA) is 52.6 Å². The van der Waals surface area contributed by atoms with Crippen molar-refractivity contribution in [2.24, 2.45) is 5.41 Å². The lowest BCUT2D eigenvalue weighted by molar-refractivity contribution is -0.156. The Morgan fingerprint density at radius 2 is 1.67 bits per heavy atom. The zero-order valence-corrected chi connectivity index (χ0v) is 12.2. The lowest BCUT2D eigenvalue weighted by atomic mass is 9.90. The maximum Gasteiger partial charge on any atom is 0.306 e. The van der Waals surface area contributed by atoms with Crippen LogP contribution >= 0.6 is 0 Å². The Labute approximate surface area is 110 Å². The summed E-state index contributed by atoms with van der Waals surface area (Å²) >= 11 is 0. The molecule has 0 aromatic heterocycles. The van der Waals surface area contributed by atoms with Gasteiger partial charge in [-0.1, -0.05) is 34.1 Å². The highest BCUT2D eigenvalue weighted by atomic mass is 16.5. The maximum absolute atomic E-state index is 11.5. The van der Waals surface area contributed by atoms with E-state index in [1.807, 2.05) is 34.6 Å². The summed E-state index contributed by atoms with van der Waals surface area (Å²) in [6, 6.07) is 0.